The third kappa shape index (κ3) is 8.08. The SMILES string of the molecule is CCNC1CCC(O)(c2ccc(-c3ncccn3)cn2)CC1.O=C(CNc1ncnc2ccc(C(F)(F)F)cc12)N1CCCC1. The van der Waals surface area contributed by atoms with Crippen LogP contribution in [0.1, 0.15) is 56.7 Å². The monoisotopic (exact) mass is 622 g/mol. The first kappa shape index (κ1) is 32.2. The Labute approximate surface area is 259 Å². The summed E-state index contributed by atoms with van der Waals surface area (Å²) in [4.78, 5) is 34.6. The minimum absolute atomic E-state index is 0.00234. The molecule has 0 atom stereocenters. The molecular formula is C32H37F3N8O2. The van der Waals surface area contributed by atoms with Gasteiger partial charge in [-0.15, -0.1) is 0 Å². The van der Waals surface area contributed by atoms with Gasteiger partial charge in [0.05, 0.1) is 23.3 Å². The van der Waals surface area contributed by atoms with Crippen LogP contribution in [0, 0.1) is 0 Å². The number of pyridine rings is 1. The molecule has 4 heterocycles. The average Bonchev–Trinajstić information content (AvgIpc) is 3.61. The van der Waals surface area contributed by atoms with Crippen molar-refractivity contribution >= 4 is 22.6 Å². The van der Waals surface area contributed by atoms with E-state index in [4.69, 9.17) is 0 Å². The largest absolute Gasteiger partial charge is 0.416 e. The summed E-state index contributed by atoms with van der Waals surface area (Å²) in [6.07, 6.45) is 7.43. The quantitative estimate of drug-likeness (QED) is 0.262. The van der Waals surface area contributed by atoms with Gasteiger partial charge in [0.25, 0.3) is 0 Å². The van der Waals surface area contributed by atoms with Crippen LogP contribution in [0.25, 0.3) is 22.3 Å². The summed E-state index contributed by atoms with van der Waals surface area (Å²) in [7, 11) is 0. The molecule has 238 valence electrons. The molecule has 3 N–H and O–H groups in total. The fraction of sp³-hybridized carbons (Fsp3) is 0.438. The molecule has 0 spiro atoms. The number of halogens is 3. The summed E-state index contributed by atoms with van der Waals surface area (Å²) in [5, 5.41) is 17.4. The number of nitrogens with zero attached hydrogens (tertiary/aromatic N) is 6. The highest BCUT2D eigenvalue weighted by Crippen LogP contribution is 2.36. The second-order valence-corrected chi connectivity index (χ2v) is 11.3. The van der Waals surface area contributed by atoms with Crippen LogP contribution in [0.15, 0.2) is 61.3 Å². The second-order valence-electron chi connectivity index (χ2n) is 11.3. The molecule has 0 bridgehead atoms. The Morgan fingerprint density at radius 2 is 1.76 bits per heavy atom. The van der Waals surface area contributed by atoms with E-state index < -0.39 is 17.3 Å². The van der Waals surface area contributed by atoms with Crippen LogP contribution in [0.3, 0.4) is 0 Å². The van der Waals surface area contributed by atoms with Gasteiger partial charge in [-0.05, 0) is 81.5 Å². The number of benzene rings is 1. The van der Waals surface area contributed by atoms with Crippen molar-refractivity contribution in [3.63, 3.8) is 0 Å². The summed E-state index contributed by atoms with van der Waals surface area (Å²) in [5.74, 6) is 0.805. The number of anilines is 1. The van der Waals surface area contributed by atoms with E-state index in [2.05, 4.69) is 42.5 Å². The fourth-order valence-corrected chi connectivity index (χ4v) is 5.71. The Morgan fingerprint density at radius 3 is 2.40 bits per heavy atom. The van der Waals surface area contributed by atoms with E-state index >= 15 is 0 Å². The van der Waals surface area contributed by atoms with Gasteiger partial charge < -0.3 is 20.6 Å². The lowest BCUT2D eigenvalue weighted by molar-refractivity contribution is -0.137. The maximum absolute atomic E-state index is 12.8. The number of aromatic nitrogens is 5. The highest BCUT2D eigenvalue weighted by molar-refractivity contribution is 5.91. The number of rotatable bonds is 7. The van der Waals surface area contributed by atoms with Crippen LogP contribution in [0.2, 0.25) is 0 Å². The zero-order valence-corrected chi connectivity index (χ0v) is 25.1. The van der Waals surface area contributed by atoms with E-state index in [-0.39, 0.29) is 23.7 Å². The van der Waals surface area contributed by atoms with Gasteiger partial charge in [-0.3, -0.25) is 9.78 Å². The van der Waals surface area contributed by atoms with Crippen molar-refractivity contribution in [2.75, 3.05) is 31.5 Å². The van der Waals surface area contributed by atoms with Crippen LogP contribution < -0.4 is 10.6 Å². The van der Waals surface area contributed by atoms with Crippen LogP contribution >= 0.6 is 0 Å². The molecule has 1 saturated carbocycles. The van der Waals surface area contributed by atoms with E-state index in [1.165, 1.54) is 12.4 Å². The number of alkyl halides is 3. The molecule has 1 aromatic carbocycles. The number of fused-ring (bicyclic) bond motifs is 1. The lowest BCUT2D eigenvalue weighted by Crippen LogP contribution is -2.40. The Kier molecular flexibility index (Phi) is 10.2. The Bertz CT molecular complexity index is 1560. The molecule has 0 radical (unpaired) electrons. The summed E-state index contributed by atoms with van der Waals surface area (Å²) in [6, 6.07) is 9.42. The number of nitrogens with one attached hydrogen (secondary N) is 2. The standard InChI is InChI=1S/C17H22N4O.C15H15F3N4O/c1-2-18-14-6-8-17(22,9-7-14)15-5-4-13(12-21-15)16-19-10-3-11-20-16;16-15(17,18)10-3-4-12-11(7-10)14(21-9-20-12)19-8-13(23)22-5-1-2-6-22/h3-5,10-12,14,18,22H,2,6-9H2,1H3;3-4,7,9H,1-2,5-6,8H2,(H,19,20,21). The van der Waals surface area contributed by atoms with Crippen LogP contribution in [0.5, 0.6) is 0 Å². The molecule has 1 amide bonds. The first-order chi connectivity index (χ1) is 21.7. The van der Waals surface area contributed by atoms with E-state index in [1.54, 1.807) is 29.6 Å². The molecule has 1 aliphatic heterocycles. The molecule has 13 heteroatoms. The fourth-order valence-electron chi connectivity index (χ4n) is 5.71. The number of aliphatic hydroxyl groups is 1. The predicted molar refractivity (Wildman–Crippen MR) is 164 cm³/mol. The van der Waals surface area contributed by atoms with Crippen molar-refractivity contribution in [3.05, 3.63) is 72.6 Å². The van der Waals surface area contributed by atoms with Gasteiger partial charge in [-0.1, -0.05) is 6.92 Å². The van der Waals surface area contributed by atoms with Crippen molar-refractivity contribution in [1.29, 1.82) is 0 Å². The normalized spacial score (nSPS) is 20.0. The van der Waals surface area contributed by atoms with Gasteiger partial charge in [0, 0.05) is 48.7 Å². The zero-order valence-electron chi connectivity index (χ0n) is 25.1. The lowest BCUT2D eigenvalue weighted by Gasteiger charge is -2.35. The Hall–Kier alpha value is -4.23. The molecular weight excluding hydrogens is 585 g/mol. The number of carbonyl (C=O) groups is 1. The van der Waals surface area contributed by atoms with Crippen molar-refractivity contribution in [2.24, 2.45) is 0 Å². The first-order valence-electron chi connectivity index (χ1n) is 15.2. The topological polar surface area (TPSA) is 129 Å². The molecule has 4 aromatic rings. The third-order valence-electron chi connectivity index (χ3n) is 8.20. The van der Waals surface area contributed by atoms with E-state index in [1.807, 2.05) is 12.1 Å². The Balaban J connectivity index is 0.000000178. The predicted octanol–water partition coefficient (Wildman–Crippen LogP) is 4.96. The highest BCUT2D eigenvalue weighted by Gasteiger charge is 2.35. The van der Waals surface area contributed by atoms with E-state index in [9.17, 15) is 23.1 Å². The molecule has 1 saturated heterocycles. The number of hydrogen-bond donors (Lipinski definition) is 3. The molecule has 2 fully saturated rings. The summed E-state index contributed by atoms with van der Waals surface area (Å²) < 4.78 is 38.5. The molecule has 45 heavy (non-hydrogen) atoms. The minimum Gasteiger partial charge on any atom is -0.384 e. The number of hydrogen-bond acceptors (Lipinski definition) is 9. The van der Waals surface area contributed by atoms with Crippen molar-refractivity contribution in [3.8, 4) is 11.4 Å². The summed E-state index contributed by atoms with van der Waals surface area (Å²) in [5.41, 5.74) is 0.441. The van der Waals surface area contributed by atoms with E-state index in [0.29, 0.717) is 17.4 Å². The van der Waals surface area contributed by atoms with Crippen molar-refractivity contribution in [1.82, 2.24) is 35.1 Å². The number of amides is 1. The molecule has 2 aliphatic rings. The summed E-state index contributed by atoms with van der Waals surface area (Å²) in [6.45, 7) is 4.55. The number of likely N-dealkylation sites (tertiary alicyclic amines) is 1. The maximum atomic E-state index is 12.8. The van der Waals surface area contributed by atoms with Crippen LogP contribution in [0.4, 0.5) is 19.0 Å². The maximum Gasteiger partial charge on any atom is 0.416 e. The highest BCUT2D eigenvalue weighted by atomic mass is 19.4. The van der Waals surface area contributed by atoms with Crippen LogP contribution in [-0.2, 0) is 16.6 Å². The average molecular weight is 623 g/mol. The molecule has 0 unspecified atom stereocenters. The van der Waals surface area contributed by atoms with Gasteiger partial charge in [-0.25, -0.2) is 19.9 Å². The lowest BCUT2D eigenvalue weighted by atomic mass is 9.80. The van der Waals surface area contributed by atoms with Gasteiger partial charge in [0.1, 0.15) is 17.7 Å². The van der Waals surface area contributed by atoms with Gasteiger partial charge in [0.2, 0.25) is 5.91 Å². The number of carbonyl (C=O) groups excluding carboxylic acids is 1. The Morgan fingerprint density at radius 1 is 1.02 bits per heavy atom. The zero-order chi connectivity index (χ0) is 31.9. The van der Waals surface area contributed by atoms with Crippen molar-refractivity contribution < 1.29 is 23.1 Å². The minimum atomic E-state index is -4.44. The smallest absolute Gasteiger partial charge is 0.384 e. The van der Waals surface area contributed by atoms with Gasteiger partial charge in [0.15, 0.2) is 5.82 Å². The molecule has 3 aromatic heterocycles. The summed E-state index contributed by atoms with van der Waals surface area (Å²) >= 11 is 0. The van der Waals surface area contributed by atoms with Gasteiger partial charge >= 0.3 is 6.18 Å². The van der Waals surface area contributed by atoms with Crippen LogP contribution in [-0.4, -0.2) is 73.1 Å². The third-order valence-corrected chi connectivity index (χ3v) is 8.20. The van der Waals surface area contributed by atoms with Gasteiger partial charge in [-0.2, -0.15) is 13.2 Å². The molecule has 1 aliphatic carbocycles. The first-order valence-corrected chi connectivity index (χ1v) is 15.2. The molecule has 6 rings (SSSR count). The van der Waals surface area contributed by atoms with E-state index in [0.717, 1.165) is 81.5 Å². The van der Waals surface area contributed by atoms with Crippen molar-refractivity contribution in [2.45, 2.75) is 63.3 Å². The molecule has 10 nitrogen and oxygen atoms in total. The second kappa shape index (κ2) is 14.2.